The number of nitrogens with zero attached hydrogens (tertiary/aromatic N) is 1. The van der Waals surface area contributed by atoms with Gasteiger partial charge < -0.3 is 19.5 Å². The van der Waals surface area contributed by atoms with E-state index < -0.39 is 23.3 Å². The van der Waals surface area contributed by atoms with Gasteiger partial charge in [-0.25, -0.2) is 9.36 Å². The van der Waals surface area contributed by atoms with Crippen LogP contribution in [0.2, 0.25) is 0 Å². The van der Waals surface area contributed by atoms with Gasteiger partial charge in [-0.1, -0.05) is 0 Å². The van der Waals surface area contributed by atoms with E-state index in [9.17, 15) is 9.59 Å². The van der Waals surface area contributed by atoms with Crippen molar-refractivity contribution in [3.63, 3.8) is 0 Å². The molecule has 8 nitrogen and oxygen atoms in total. The molecule has 2 N–H and O–H groups in total. The number of aromatic amines is 1. The molecule has 0 amide bonds. The van der Waals surface area contributed by atoms with Crippen LogP contribution in [-0.2, 0) is 14.2 Å². The van der Waals surface area contributed by atoms with Crippen molar-refractivity contribution < 1.29 is 14.2 Å². The van der Waals surface area contributed by atoms with Gasteiger partial charge in [0.25, 0.3) is 5.56 Å². The summed E-state index contributed by atoms with van der Waals surface area (Å²) in [4.78, 5) is 25.7. The van der Waals surface area contributed by atoms with Crippen LogP contribution in [0.4, 0.5) is 5.82 Å². The molecule has 0 aromatic carbocycles. The first kappa shape index (κ1) is 12.1. The Bertz CT molecular complexity index is 678. The monoisotopic (exact) mass is 281 g/mol. The highest BCUT2D eigenvalue weighted by molar-refractivity contribution is 5.36. The van der Waals surface area contributed by atoms with E-state index >= 15 is 0 Å². The molecule has 0 radical (unpaired) electrons. The van der Waals surface area contributed by atoms with Gasteiger partial charge in [-0.15, -0.1) is 0 Å². The number of nitrogens with one attached hydrogen (secondary N) is 2. The molecule has 2 fully saturated rings. The fourth-order valence-corrected chi connectivity index (χ4v) is 3.13. The highest BCUT2D eigenvalue weighted by atomic mass is 16.8. The second-order valence-electron chi connectivity index (χ2n) is 5.70. The maximum absolute atomic E-state index is 12.1. The van der Waals surface area contributed by atoms with Gasteiger partial charge in [0, 0.05) is 12.6 Å². The molecular weight excluding hydrogens is 266 g/mol. The quantitative estimate of drug-likeness (QED) is 0.658. The van der Waals surface area contributed by atoms with Crippen molar-refractivity contribution in [1.82, 2.24) is 9.55 Å². The third-order valence-corrected chi connectivity index (χ3v) is 3.84. The zero-order valence-corrected chi connectivity index (χ0v) is 11.1. The van der Waals surface area contributed by atoms with Crippen molar-refractivity contribution in [3.05, 3.63) is 26.9 Å². The van der Waals surface area contributed by atoms with E-state index in [1.54, 1.807) is 0 Å². The van der Waals surface area contributed by atoms with E-state index in [0.29, 0.717) is 12.4 Å². The van der Waals surface area contributed by atoms with E-state index in [-0.39, 0.29) is 18.3 Å². The Morgan fingerprint density at radius 2 is 2.05 bits per heavy atom. The SMILES string of the molecule is CC1(C)OC2[C@@H](O1)[C@H]1CNc3cc(=O)[nH]c(=O)n3[C@H]2O1. The van der Waals surface area contributed by atoms with E-state index in [1.165, 1.54) is 10.6 Å². The van der Waals surface area contributed by atoms with Crippen LogP contribution in [0.1, 0.15) is 20.1 Å². The van der Waals surface area contributed by atoms with Gasteiger partial charge in [-0.05, 0) is 13.8 Å². The molecule has 4 heterocycles. The highest BCUT2D eigenvalue weighted by Crippen LogP contribution is 2.44. The minimum absolute atomic E-state index is 0.221. The second-order valence-corrected chi connectivity index (χ2v) is 5.70. The van der Waals surface area contributed by atoms with Gasteiger partial charge >= 0.3 is 5.69 Å². The van der Waals surface area contributed by atoms with E-state index in [1.807, 2.05) is 13.8 Å². The van der Waals surface area contributed by atoms with Crippen LogP contribution in [0.25, 0.3) is 0 Å². The molecule has 4 atom stereocenters. The third kappa shape index (κ3) is 1.58. The minimum Gasteiger partial charge on any atom is -0.368 e. The Kier molecular flexibility index (Phi) is 2.25. The average molecular weight is 281 g/mol. The lowest BCUT2D eigenvalue weighted by Gasteiger charge is -2.23. The third-order valence-electron chi connectivity index (χ3n) is 3.84. The highest BCUT2D eigenvalue weighted by Gasteiger charge is 2.57. The topological polar surface area (TPSA) is 94.6 Å². The molecule has 0 aliphatic carbocycles. The molecule has 20 heavy (non-hydrogen) atoms. The summed E-state index contributed by atoms with van der Waals surface area (Å²) in [6.45, 7) is 4.13. The Labute approximate surface area is 113 Å². The zero-order valence-electron chi connectivity index (χ0n) is 11.1. The van der Waals surface area contributed by atoms with E-state index in [4.69, 9.17) is 14.2 Å². The predicted molar refractivity (Wildman–Crippen MR) is 67.5 cm³/mol. The van der Waals surface area contributed by atoms with Gasteiger partial charge in [0.2, 0.25) is 0 Å². The first-order valence-corrected chi connectivity index (χ1v) is 6.55. The summed E-state index contributed by atoms with van der Waals surface area (Å²) in [5, 5.41) is 3.06. The Balaban J connectivity index is 1.85. The smallest absolute Gasteiger partial charge is 0.332 e. The summed E-state index contributed by atoms with van der Waals surface area (Å²) < 4.78 is 18.9. The average Bonchev–Trinajstić information content (AvgIpc) is 2.72. The molecule has 1 unspecified atom stereocenters. The van der Waals surface area contributed by atoms with Crippen LogP contribution in [0, 0.1) is 0 Å². The fraction of sp³-hybridized carbons (Fsp3) is 0.667. The summed E-state index contributed by atoms with van der Waals surface area (Å²) in [6.07, 6.45) is -1.41. The van der Waals surface area contributed by atoms with E-state index in [0.717, 1.165) is 0 Å². The van der Waals surface area contributed by atoms with E-state index in [2.05, 4.69) is 10.3 Å². The number of aromatic nitrogens is 2. The summed E-state index contributed by atoms with van der Waals surface area (Å²) in [7, 11) is 0. The van der Waals surface area contributed by atoms with Crippen molar-refractivity contribution in [2.45, 2.75) is 44.2 Å². The van der Waals surface area contributed by atoms with Gasteiger partial charge in [0.05, 0.1) is 0 Å². The predicted octanol–water partition coefficient (Wildman–Crippen LogP) is -0.620. The van der Waals surface area contributed by atoms with Crippen molar-refractivity contribution in [1.29, 1.82) is 0 Å². The molecule has 1 aromatic rings. The number of hydrogen-bond acceptors (Lipinski definition) is 6. The maximum atomic E-state index is 12.1. The Hall–Kier alpha value is -1.64. The molecule has 3 aliphatic heterocycles. The number of hydrogen-bond donors (Lipinski definition) is 2. The molecule has 3 aliphatic rings. The molecule has 1 aromatic heterocycles. The molecule has 0 saturated carbocycles. The fourth-order valence-electron chi connectivity index (χ4n) is 3.13. The number of H-pyrrole nitrogens is 1. The maximum Gasteiger partial charge on any atom is 0.332 e. The van der Waals surface area contributed by atoms with Crippen molar-refractivity contribution in [2.24, 2.45) is 0 Å². The molecule has 8 heteroatoms. The number of anilines is 1. The zero-order chi connectivity index (χ0) is 14.1. The van der Waals surface area contributed by atoms with Crippen LogP contribution in [0.3, 0.4) is 0 Å². The van der Waals surface area contributed by atoms with Crippen LogP contribution in [-0.4, -0.2) is 40.2 Å². The van der Waals surface area contributed by atoms with Gasteiger partial charge in [-0.2, -0.15) is 0 Å². The largest absolute Gasteiger partial charge is 0.368 e. The number of fused-ring (bicyclic) bond motifs is 7. The Morgan fingerprint density at radius 1 is 1.30 bits per heavy atom. The first-order chi connectivity index (χ1) is 9.44. The van der Waals surface area contributed by atoms with Crippen LogP contribution < -0.4 is 16.6 Å². The lowest BCUT2D eigenvalue weighted by Crippen LogP contribution is -2.40. The summed E-state index contributed by atoms with van der Waals surface area (Å²) in [6, 6.07) is 1.35. The molecule has 4 rings (SSSR count). The molecule has 2 saturated heterocycles. The summed E-state index contributed by atoms with van der Waals surface area (Å²) in [5.74, 6) is -0.260. The molecule has 108 valence electrons. The number of ether oxygens (including phenoxy) is 3. The van der Waals surface area contributed by atoms with Crippen LogP contribution in [0.5, 0.6) is 0 Å². The van der Waals surface area contributed by atoms with Gasteiger partial charge in [0.15, 0.2) is 12.0 Å². The lowest BCUT2D eigenvalue weighted by atomic mass is 10.1. The van der Waals surface area contributed by atoms with Crippen LogP contribution in [0.15, 0.2) is 15.7 Å². The Morgan fingerprint density at radius 3 is 2.85 bits per heavy atom. The lowest BCUT2D eigenvalue weighted by molar-refractivity contribution is -0.194. The number of rotatable bonds is 0. The molecule has 2 bridgehead atoms. The summed E-state index contributed by atoms with van der Waals surface area (Å²) in [5.41, 5.74) is -0.952. The first-order valence-electron chi connectivity index (χ1n) is 6.55. The molecule has 0 spiro atoms. The van der Waals surface area contributed by atoms with Crippen molar-refractivity contribution >= 4 is 5.82 Å². The summed E-state index contributed by atoms with van der Waals surface area (Å²) >= 11 is 0. The standard InChI is InChI=1S/C12H15N3O5/c1-12(2)19-8-5-4-13-6-3-7(16)14-11(17)15(6)10(18-5)9(8)20-12/h3,5,8-10,13H,4H2,1-2H3,(H,14,16,17)/t5-,8+,9?,10+/m1/s1. The van der Waals surface area contributed by atoms with Gasteiger partial charge in [-0.3, -0.25) is 9.78 Å². The van der Waals surface area contributed by atoms with Gasteiger partial charge in [0.1, 0.15) is 24.1 Å². The minimum atomic E-state index is -0.702. The van der Waals surface area contributed by atoms with Crippen molar-refractivity contribution in [2.75, 3.05) is 11.9 Å². The normalized spacial score (nSPS) is 36.9. The van der Waals surface area contributed by atoms with Crippen LogP contribution >= 0.6 is 0 Å². The second kappa shape index (κ2) is 3.72. The van der Waals surface area contributed by atoms with Crippen molar-refractivity contribution in [3.8, 4) is 0 Å². The molecular formula is C12H15N3O5.